The molecule has 0 amide bonds. The number of fused-ring (bicyclic) bond motifs is 6. The molecule has 0 unspecified atom stereocenters. The molecule has 0 saturated carbocycles. The lowest BCUT2D eigenvalue weighted by Crippen LogP contribution is -2.16. The van der Waals surface area contributed by atoms with Gasteiger partial charge in [-0.05, 0) is 148 Å². The fourth-order valence-corrected chi connectivity index (χ4v) is 8.52. The predicted molar refractivity (Wildman–Crippen MR) is 230 cm³/mol. The number of esters is 2. The van der Waals surface area contributed by atoms with Gasteiger partial charge in [-0.3, -0.25) is 0 Å². The minimum absolute atomic E-state index is 0.115. The molecular weight excluding hydrogens is 689 g/mol. The lowest BCUT2D eigenvalue weighted by molar-refractivity contribution is -0.139. The van der Waals surface area contributed by atoms with E-state index in [4.69, 9.17) is 9.47 Å². The van der Waals surface area contributed by atoms with Crippen LogP contribution in [0.5, 0.6) is 0 Å². The van der Waals surface area contributed by atoms with E-state index in [1.165, 1.54) is 77.9 Å². The molecule has 2 aliphatic carbocycles. The Hall–Kier alpha value is -5.48. The van der Waals surface area contributed by atoms with Crippen molar-refractivity contribution >= 4 is 11.9 Å². The molecule has 2 aliphatic rings. The second-order valence-electron chi connectivity index (χ2n) is 16.9. The van der Waals surface area contributed by atoms with Crippen LogP contribution in [0.25, 0.3) is 44.5 Å². The highest BCUT2D eigenvalue weighted by Crippen LogP contribution is 2.52. The van der Waals surface area contributed by atoms with E-state index in [2.05, 4.69) is 138 Å². The van der Waals surface area contributed by atoms with E-state index in [0.29, 0.717) is 24.4 Å². The van der Waals surface area contributed by atoms with E-state index in [9.17, 15) is 9.59 Å². The van der Waals surface area contributed by atoms with Gasteiger partial charge in [-0.2, -0.15) is 0 Å². The van der Waals surface area contributed by atoms with Crippen molar-refractivity contribution < 1.29 is 19.1 Å². The molecule has 7 rings (SSSR count). The van der Waals surface area contributed by atoms with E-state index < -0.39 is 0 Å². The zero-order valence-electron chi connectivity index (χ0n) is 33.9. The maximum Gasteiger partial charge on any atom is 0.333 e. The van der Waals surface area contributed by atoms with Gasteiger partial charge in [-0.25, -0.2) is 9.59 Å². The van der Waals surface area contributed by atoms with Crippen LogP contribution in [-0.2, 0) is 42.7 Å². The third-order valence-electron chi connectivity index (χ3n) is 11.9. The molecule has 0 heterocycles. The van der Waals surface area contributed by atoms with E-state index in [0.717, 1.165) is 38.5 Å². The summed E-state index contributed by atoms with van der Waals surface area (Å²) in [7, 11) is 0. The normalized spacial score (nSPS) is 14.0. The Kier molecular flexibility index (Phi) is 10.8. The molecule has 4 heteroatoms. The minimum Gasteiger partial charge on any atom is -0.462 e. The molecule has 0 bridgehead atoms. The highest BCUT2D eigenvalue weighted by Gasteiger charge is 2.37. The van der Waals surface area contributed by atoms with Crippen LogP contribution in [0.4, 0.5) is 0 Å². The number of carbonyl (C=O) groups excluding carboxylic acids is 2. The molecule has 0 radical (unpaired) electrons. The lowest BCUT2D eigenvalue weighted by Gasteiger charge is -2.24. The van der Waals surface area contributed by atoms with Gasteiger partial charge in [0.25, 0.3) is 0 Å². The Balaban J connectivity index is 1.04. The van der Waals surface area contributed by atoms with E-state index in [-0.39, 0.29) is 22.8 Å². The van der Waals surface area contributed by atoms with Crippen molar-refractivity contribution in [3.05, 3.63) is 155 Å². The smallest absolute Gasteiger partial charge is 0.333 e. The largest absolute Gasteiger partial charge is 0.462 e. The molecule has 5 aromatic rings. The van der Waals surface area contributed by atoms with Crippen molar-refractivity contribution in [1.82, 2.24) is 0 Å². The van der Waals surface area contributed by atoms with Gasteiger partial charge in [0.1, 0.15) is 0 Å². The number of ether oxygens (including phenoxy) is 2. The number of hydrogen-bond donors (Lipinski definition) is 0. The summed E-state index contributed by atoms with van der Waals surface area (Å²) >= 11 is 0. The Bertz CT molecular complexity index is 2350. The van der Waals surface area contributed by atoms with E-state index in [1.807, 2.05) is 0 Å². The van der Waals surface area contributed by atoms with Crippen LogP contribution in [-0.4, -0.2) is 25.2 Å². The zero-order chi connectivity index (χ0) is 39.8. The number of carbonyl (C=O) groups is 2. The van der Waals surface area contributed by atoms with Crippen LogP contribution < -0.4 is 0 Å². The van der Waals surface area contributed by atoms with Crippen LogP contribution in [0.2, 0.25) is 0 Å². The molecule has 286 valence electrons. The van der Waals surface area contributed by atoms with E-state index in [1.54, 1.807) is 13.8 Å². The summed E-state index contributed by atoms with van der Waals surface area (Å²) in [5.74, 6) is -0.624. The first kappa shape index (κ1) is 38.8. The summed E-state index contributed by atoms with van der Waals surface area (Å²) in [6, 6.07) is 36.9. The van der Waals surface area contributed by atoms with Gasteiger partial charge in [0.15, 0.2) is 0 Å². The summed E-state index contributed by atoms with van der Waals surface area (Å²) in [6.45, 7) is 20.9. The Morgan fingerprint density at radius 3 is 1.23 bits per heavy atom. The van der Waals surface area contributed by atoms with Crippen molar-refractivity contribution in [3.63, 3.8) is 0 Å². The lowest BCUT2D eigenvalue weighted by atomic mass is 9.79. The van der Waals surface area contributed by atoms with Crippen LogP contribution in [0.15, 0.2) is 121 Å². The van der Waals surface area contributed by atoms with Gasteiger partial charge < -0.3 is 9.47 Å². The first-order valence-corrected chi connectivity index (χ1v) is 20.1. The van der Waals surface area contributed by atoms with Crippen molar-refractivity contribution in [3.8, 4) is 44.5 Å². The number of rotatable bonds is 14. The van der Waals surface area contributed by atoms with Gasteiger partial charge in [-0.1, -0.05) is 120 Å². The maximum absolute atomic E-state index is 11.7. The summed E-state index contributed by atoms with van der Waals surface area (Å²) < 4.78 is 10.5. The number of benzene rings is 5. The average Bonchev–Trinajstić information content (AvgIpc) is 3.55. The Morgan fingerprint density at radius 2 is 0.804 bits per heavy atom. The topological polar surface area (TPSA) is 52.6 Å². The highest BCUT2D eigenvalue weighted by molar-refractivity contribution is 5.89. The summed E-state index contributed by atoms with van der Waals surface area (Å²) in [5, 5.41) is 0. The standard InChI is InChI=1S/C52H54O4/c1-33(2)49(53)55-27-11-9-13-35-15-18-37(19-16-35)38-20-24-43-44-26-22-40(32-48(44)52(7,8)46(43)30-38)39-21-25-42-41-23-17-36(14-10-12-28-56-50(54)34(3)4)29-45(41)51(5,6)47(42)31-39/h15-26,29-32H,1,3,9-14,27-28H2,2,4-8H3. The van der Waals surface area contributed by atoms with Crippen LogP contribution in [0, 0.1) is 0 Å². The molecule has 0 atom stereocenters. The van der Waals surface area contributed by atoms with Crippen LogP contribution in [0.1, 0.15) is 101 Å². The number of aryl methyl sites for hydroxylation is 2. The first-order chi connectivity index (χ1) is 26.8. The number of unbranched alkanes of at least 4 members (excludes halogenated alkanes) is 2. The summed E-state index contributed by atoms with van der Waals surface area (Å²) in [5.41, 5.74) is 19.0. The van der Waals surface area contributed by atoms with Crippen LogP contribution in [0.3, 0.4) is 0 Å². The second kappa shape index (κ2) is 15.6. The second-order valence-corrected chi connectivity index (χ2v) is 16.9. The maximum atomic E-state index is 11.7. The fourth-order valence-electron chi connectivity index (χ4n) is 8.52. The minimum atomic E-state index is -0.313. The molecular formula is C52H54O4. The molecule has 0 fully saturated rings. The van der Waals surface area contributed by atoms with Crippen LogP contribution >= 0.6 is 0 Å². The third kappa shape index (κ3) is 7.54. The number of hydrogen-bond acceptors (Lipinski definition) is 4. The Morgan fingerprint density at radius 1 is 0.464 bits per heavy atom. The van der Waals surface area contributed by atoms with Crippen molar-refractivity contribution in [1.29, 1.82) is 0 Å². The molecule has 0 aromatic heterocycles. The average molecular weight is 743 g/mol. The van der Waals surface area contributed by atoms with Gasteiger partial charge in [0.2, 0.25) is 0 Å². The van der Waals surface area contributed by atoms with Gasteiger partial charge in [-0.15, -0.1) is 0 Å². The summed E-state index contributed by atoms with van der Waals surface area (Å²) in [4.78, 5) is 23.3. The summed E-state index contributed by atoms with van der Waals surface area (Å²) in [6.07, 6.45) is 5.51. The molecule has 0 aliphatic heterocycles. The highest BCUT2D eigenvalue weighted by atomic mass is 16.5. The van der Waals surface area contributed by atoms with Crippen molar-refractivity contribution in [2.24, 2.45) is 0 Å². The van der Waals surface area contributed by atoms with Crippen molar-refractivity contribution in [2.75, 3.05) is 13.2 Å². The van der Waals surface area contributed by atoms with Crippen molar-refractivity contribution in [2.45, 2.75) is 90.9 Å². The monoisotopic (exact) mass is 742 g/mol. The van der Waals surface area contributed by atoms with Gasteiger partial charge in [0.05, 0.1) is 13.2 Å². The van der Waals surface area contributed by atoms with Gasteiger partial charge >= 0.3 is 11.9 Å². The van der Waals surface area contributed by atoms with Gasteiger partial charge in [0, 0.05) is 22.0 Å². The molecule has 0 N–H and O–H groups in total. The van der Waals surface area contributed by atoms with E-state index >= 15 is 0 Å². The quantitative estimate of drug-likeness (QED) is 0.0646. The SMILES string of the molecule is C=C(C)C(=O)OCCCCc1ccc(-c2ccc3c(c2)C(C)(C)c2cc(-c4ccc5c(c4)C(C)(C)c4cc(CCCCOC(=O)C(=C)C)ccc4-5)ccc2-3)cc1. The molecule has 0 saturated heterocycles. The zero-order valence-corrected chi connectivity index (χ0v) is 33.9. The first-order valence-electron chi connectivity index (χ1n) is 20.1. The molecule has 0 spiro atoms. The molecule has 56 heavy (non-hydrogen) atoms. The fraction of sp³-hybridized carbons (Fsp3) is 0.308. The predicted octanol–water partition coefficient (Wildman–Crippen LogP) is 12.5. The third-order valence-corrected chi connectivity index (χ3v) is 11.9. The Labute approximate surface area is 333 Å². The molecule has 5 aromatic carbocycles. The molecule has 4 nitrogen and oxygen atoms in total.